The van der Waals surface area contributed by atoms with E-state index in [-0.39, 0.29) is 6.10 Å². The van der Waals surface area contributed by atoms with Crippen LogP contribution in [0.1, 0.15) is 37.4 Å². The highest BCUT2D eigenvalue weighted by atomic mass is 16.5. The van der Waals surface area contributed by atoms with Crippen LogP contribution in [0.25, 0.3) is 0 Å². The van der Waals surface area contributed by atoms with Gasteiger partial charge in [0.2, 0.25) is 0 Å². The SMILES string of the molecule is c1cc2c(cc1C1OCCC1CNC1CC1)OCCCO2. The first-order valence-corrected chi connectivity index (χ1v) is 8.15. The Labute approximate surface area is 125 Å². The number of ether oxygens (including phenoxy) is 3. The van der Waals surface area contributed by atoms with Gasteiger partial charge in [-0.3, -0.25) is 0 Å². The lowest BCUT2D eigenvalue weighted by Crippen LogP contribution is -2.26. The van der Waals surface area contributed by atoms with Gasteiger partial charge >= 0.3 is 0 Å². The maximum atomic E-state index is 5.99. The van der Waals surface area contributed by atoms with Crippen LogP contribution in [-0.4, -0.2) is 32.4 Å². The Kier molecular flexibility index (Phi) is 3.74. The lowest BCUT2D eigenvalue weighted by molar-refractivity contribution is 0.0901. The molecule has 2 unspecified atom stereocenters. The standard InChI is InChI=1S/C17H23NO3/c1-7-19-15-5-2-12(10-16(15)20-8-1)17-13(6-9-21-17)11-18-14-3-4-14/h2,5,10,13-14,17-18H,1,3-4,6-9,11H2. The molecule has 0 amide bonds. The van der Waals surface area contributed by atoms with E-state index in [1.165, 1.54) is 18.4 Å². The van der Waals surface area contributed by atoms with Gasteiger partial charge in [0.25, 0.3) is 0 Å². The number of rotatable bonds is 4. The van der Waals surface area contributed by atoms with Crippen molar-refractivity contribution < 1.29 is 14.2 Å². The first kappa shape index (κ1) is 13.4. The molecule has 1 aliphatic carbocycles. The molecule has 3 aliphatic rings. The van der Waals surface area contributed by atoms with Crippen molar-refractivity contribution >= 4 is 0 Å². The monoisotopic (exact) mass is 289 g/mol. The zero-order valence-corrected chi connectivity index (χ0v) is 12.3. The van der Waals surface area contributed by atoms with Crippen molar-refractivity contribution in [1.82, 2.24) is 5.32 Å². The molecular weight excluding hydrogens is 266 g/mol. The Hall–Kier alpha value is -1.26. The lowest BCUT2D eigenvalue weighted by atomic mass is 9.95. The van der Waals surface area contributed by atoms with Gasteiger partial charge in [-0.05, 0) is 37.0 Å². The van der Waals surface area contributed by atoms with Crippen LogP contribution in [0, 0.1) is 5.92 Å². The van der Waals surface area contributed by atoms with Gasteiger partial charge in [0.05, 0.1) is 19.3 Å². The summed E-state index contributed by atoms with van der Waals surface area (Å²) in [5, 5.41) is 3.63. The van der Waals surface area contributed by atoms with Crippen molar-refractivity contribution in [2.45, 2.75) is 37.8 Å². The first-order chi connectivity index (χ1) is 10.4. The fraction of sp³-hybridized carbons (Fsp3) is 0.647. The molecule has 1 N–H and O–H groups in total. The molecule has 1 aromatic rings. The second kappa shape index (κ2) is 5.85. The van der Waals surface area contributed by atoms with E-state index in [9.17, 15) is 0 Å². The number of nitrogens with one attached hydrogen (secondary N) is 1. The van der Waals surface area contributed by atoms with Gasteiger partial charge in [0.1, 0.15) is 0 Å². The summed E-state index contributed by atoms with van der Waals surface area (Å²) >= 11 is 0. The lowest BCUT2D eigenvalue weighted by Gasteiger charge is -2.20. The van der Waals surface area contributed by atoms with Crippen molar-refractivity contribution in [3.05, 3.63) is 23.8 Å². The molecule has 2 heterocycles. The Morgan fingerprint density at radius 1 is 1.00 bits per heavy atom. The number of fused-ring (bicyclic) bond motifs is 1. The van der Waals surface area contributed by atoms with Crippen LogP contribution >= 0.6 is 0 Å². The summed E-state index contributed by atoms with van der Waals surface area (Å²) in [4.78, 5) is 0. The smallest absolute Gasteiger partial charge is 0.161 e. The zero-order valence-electron chi connectivity index (χ0n) is 12.3. The molecule has 4 rings (SSSR count). The Morgan fingerprint density at radius 3 is 2.71 bits per heavy atom. The first-order valence-electron chi connectivity index (χ1n) is 8.15. The van der Waals surface area contributed by atoms with Crippen molar-refractivity contribution in [2.75, 3.05) is 26.4 Å². The Balaban J connectivity index is 1.49. The molecule has 4 heteroatoms. The van der Waals surface area contributed by atoms with Crippen LogP contribution < -0.4 is 14.8 Å². The molecule has 1 saturated heterocycles. The molecule has 0 radical (unpaired) electrons. The maximum absolute atomic E-state index is 5.99. The molecule has 0 spiro atoms. The van der Waals surface area contributed by atoms with E-state index in [2.05, 4.69) is 17.4 Å². The van der Waals surface area contributed by atoms with Gasteiger partial charge in [0, 0.05) is 31.5 Å². The second-order valence-corrected chi connectivity index (χ2v) is 6.28. The van der Waals surface area contributed by atoms with Gasteiger partial charge in [0.15, 0.2) is 11.5 Å². The van der Waals surface area contributed by atoms with E-state index in [4.69, 9.17) is 14.2 Å². The van der Waals surface area contributed by atoms with Gasteiger partial charge in [-0.15, -0.1) is 0 Å². The molecule has 2 fully saturated rings. The average molecular weight is 289 g/mol. The van der Waals surface area contributed by atoms with E-state index in [1.54, 1.807) is 0 Å². The van der Waals surface area contributed by atoms with Crippen LogP contribution in [-0.2, 0) is 4.74 Å². The van der Waals surface area contributed by atoms with Crippen molar-refractivity contribution in [3.63, 3.8) is 0 Å². The Morgan fingerprint density at radius 2 is 1.86 bits per heavy atom. The number of benzene rings is 1. The molecular formula is C17H23NO3. The van der Waals surface area contributed by atoms with Crippen LogP contribution in [0.15, 0.2) is 18.2 Å². The van der Waals surface area contributed by atoms with Gasteiger partial charge < -0.3 is 19.5 Å². The molecule has 2 atom stereocenters. The van der Waals surface area contributed by atoms with E-state index in [1.807, 2.05) is 6.07 Å². The fourth-order valence-corrected chi connectivity index (χ4v) is 3.17. The van der Waals surface area contributed by atoms with Crippen molar-refractivity contribution in [1.29, 1.82) is 0 Å². The summed E-state index contributed by atoms with van der Waals surface area (Å²) in [7, 11) is 0. The Bertz CT molecular complexity index is 501. The van der Waals surface area contributed by atoms with E-state index in [0.29, 0.717) is 5.92 Å². The zero-order chi connectivity index (χ0) is 14.1. The summed E-state index contributed by atoms with van der Waals surface area (Å²) in [5.74, 6) is 2.30. The topological polar surface area (TPSA) is 39.7 Å². The summed E-state index contributed by atoms with van der Waals surface area (Å²) in [6.07, 6.45) is 4.94. The fourth-order valence-electron chi connectivity index (χ4n) is 3.17. The van der Waals surface area contributed by atoms with Crippen LogP contribution in [0.3, 0.4) is 0 Å². The van der Waals surface area contributed by atoms with E-state index in [0.717, 1.165) is 56.7 Å². The summed E-state index contributed by atoms with van der Waals surface area (Å²) in [5.41, 5.74) is 1.22. The summed E-state index contributed by atoms with van der Waals surface area (Å²) < 4.78 is 17.5. The van der Waals surface area contributed by atoms with E-state index >= 15 is 0 Å². The molecule has 1 saturated carbocycles. The maximum Gasteiger partial charge on any atom is 0.161 e. The van der Waals surface area contributed by atoms with Crippen LogP contribution in [0.2, 0.25) is 0 Å². The highest BCUT2D eigenvalue weighted by Crippen LogP contribution is 2.39. The van der Waals surface area contributed by atoms with Gasteiger partial charge in [-0.1, -0.05) is 6.07 Å². The highest BCUT2D eigenvalue weighted by Gasteiger charge is 2.32. The highest BCUT2D eigenvalue weighted by molar-refractivity contribution is 5.44. The largest absolute Gasteiger partial charge is 0.490 e. The molecule has 2 aliphatic heterocycles. The van der Waals surface area contributed by atoms with Crippen molar-refractivity contribution in [2.24, 2.45) is 5.92 Å². The quantitative estimate of drug-likeness (QED) is 0.925. The third kappa shape index (κ3) is 3.01. The third-order valence-corrected chi connectivity index (χ3v) is 4.56. The number of hydrogen-bond donors (Lipinski definition) is 1. The summed E-state index contributed by atoms with van der Waals surface area (Å²) in [6.45, 7) is 3.38. The molecule has 21 heavy (non-hydrogen) atoms. The average Bonchev–Trinajstić information content (AvgIpc) is 3.27. The van der Waals surface area contributed by atoms with Crippen molar-refractivity contribution in [3.8, 4) is 11.5 Å². The molecule has 4 nitrogen and oxygen atoms in total. The van der Waals surface area contributed by atoms with Crippen LogP contribution in [0.5, 0.6) is 11.5 Å². The van der Waals surface area contributed by atoms with Gasteiger partial charge in [-0.25, -0.2) is 0 Å². The second-order valence-electron chi connectivity index (χ2n) is 6.28. The molecule has 0 bridgehead atoms. The minimum absolute atomic E-state index is 0.188. The predicted octanol–water partition coefficient (Wildman–Crippen LogP) is 2.68. The minimum Gasteiger partial charge on any atom is -0.490 e. The third-order valence-electron chi connectivity index (χ3n) is 4.56. The molecule has 114 valence electrons. The number of hydrogen-bond acceptors (Lipinski definition) is 4. The van der Waals surface area contributed by atoms with Crippen LogP contribution in [0.4, 0.5) is 0 Å². The summed E-state index contributed by atoms with van der Waals surface area (Å²) in [6, 6.07) is 7.03. The predicted molar refractivity (Wildman–Crippen MR) is 79.9 cm³/mol. The minimum atomic E-state index is 0.188. The van der Waals surface area contributed by atoms with E-state index < -0.39 is 0 Å². The molecule has 0 aromatic heterocycles. The van der Waals surface area contributed by atoms with Gasteiger partial charge in [-0.2, -0.15) is 0 Å². The normalized spacial score (nSPS) is 28.4. The molecule has 1 aromatic carbocycles.